The van der Waals surface area contributed by atoms with Crippen molar-refractivity contribution in [3.8, 4) is 5.88 Å². The maximum Gasteiger partial charge on any atom is 0.251 e. The van der Waals surface area contributed by atoms with Crippen molar-refractivity contribution in [1.29, 1.82) is 0 Å². The Labute approximate surface area is 133 Å². The number of rotatable bonds is 6. The zero-order valence-corrected chi connectivity index (χ0v) is 13.0. The van der Waals surface area contributed by atoms with Gasteiger partial charge in [-0.05, 0) is 23.9 Å². The van der Waals surface area contributed by atoms with Crippen LogP contribution >= 0.6 is 11.3 Å². The summed E-state index contributed by atoms with van der Waals surface area (Å²) in [5.74, 6) is 0.368. The number of amides is 1. The summed E-state index contributed by atoms with van der Waals surface area (Å²) in [6.45, 7) is 1.92. The van der Waals surface area contributed by atoms with E-state index in [1.54, 1.807) is 29.7 Å². The molecule has 0 radical (unpaired) electrons. The van der Waals surface area contributed by atoms with Crippen LogP contribution in [0.15, 0.2) is 35.8 Å². The lowest BCUT2D eigenvalue weighted by Crippen LogP contribution is -2.25. The van der Waals surface area contributed by atoms with Crippen molar-refractivity contribution in [2.75, 3.05) is 19.8 Å². The SMILES string of the molecule is O=C(NCCc1cccs1)c1ccnc(O[C@@H]2CCOC2)c1. The molecule has 1 saturated heterocycles. The first-order valence-corrected chi connectivity index (χ1v) is 8.20. The molecule has 3 rings (SSSR count). The minimum absolute atomic E-state index is 0.0321. The minimum Gasteiger partial charge on any atom is -0.472 e. The molecule has 1 N–H and O–H groups in total. The second kappa shape index (κ2) is 7.38. The predicted molar refractivity (Wildman–Crippen MR) is 84.4 cm³/mol. The molecule has 1 atom stereocenters. The molecule has 2 aromatic rings. The summed E-state index contributed by atoms with van der Waals surface area (Å²) in [4.78, 5) is 17.6. The van der Waals surface area contributed by atoms with Crippen molar-refractivity contribution in [1.82, 2.24) is 10.3 Å². The van der Waals surface area contributed by atoms with Crippen molar-refractivity contribution in [3.63, 3.8) is 0 Å². The number of ether oxygens (including phenoxy) is 2. The van der Waals surface area contributed by atoms with Crippen LogP contribution in [0.25, 0.3) is 0 Å². The van der Waals surface area contributed by atoms with Crippen LogP contribution in [-0.4, -0.2) is 36.8 Å². The fraction of sp³-hybridized carbons (Fsp3) is 0.375. The van der Waals surface area contributed by atoms with E-state index in [2.05, 4.69) is 16.4 Å². The number of aromatic nitrogens is 1. The van der Waals surface area contributed by atoms with Crippen molar-refractivity contribution < 1.29 is 14.3 Å². The summed E-state index contributed by atoms with van der Waals surface area (Å²) in [5.41, 5.74) is 0.565. The molecule has 1 aliphatic rings. The first kappa shape index (κ1) is 15.0. The van der Waals surface area contributed by atoms with Crippen molar-refractivity contribution in [2.45, 2.75) is 18.9 Å². The van der Waals surface area contributed by atoms with Crippen molar-refractivity contribution in [3.05, 3.63) is 46.3 Å². The fourth-order valence-corrected chi connectivity index (χ4v) is 2.96. The van der Waals surface area contributed by atoms with Gasteiger partial charge in [-0.25, -0.2) is 4.98 Å². The van der Waals surface area contributed by atoms with Gasteiger partial charge in [0.15, 0.2) is 0 Å². The Morgan fingerprint density at radius 3 is 3.23 bits per heavy atom. The molecule has 0 aliphatic carbocycles. The molecule has 116 valence electrons. The molecule has 0 bridgehead atoms. The van der Waals surface area contributed by atoms with Crippen LogP contribution in [-0.2, 0) is 11.2 Å². The summed E-state index contributed by atoms with van der Waals surface area (Å²) < 4.78 is 11.0. The molecular formula is C16H18N2O3S. The van der Waals surface area contributed by atoms with Crippen molar-refractivity contribution >= 4 is 17.2 Å². The second-order valence-electron chi connectivity index (χ2n) is 5.07. The van der Waals surface area contributed by atoms with Crippen LogP contribution in [0.1, 0.15) is 21.7 Å². The summed E-state index contributed by atoms with van der Waals surface area (Å²) in [6.07, 6.45) is 3.33. The van der Waals surface area contributed by atoms with Gasteiger partial charge < -0.3 is 14.8 Å². The van der Waals surface area contributed by atoms with Gasteiger partial charge in [0.25, 0.3) is 5.91 Å². The predicted octanol–water partition coefficient (Wildman–Crippen LogP) is 2.28. The minimum atomic E-state index is -0.105. The van der Waals surface area contributed by atoms with Crippen molar-refractivity contribution in [2.24, 2.45) is 0 Å². The maximum absolute atomic E-state index is 12.1. The van der Waals surface area contributed by atoms with Gasteiger partial charge in [0, 0.05) is 35.7 Å². The average Bonchev–Trinajstić information content (AvgIpc) is 3.21. The Morgan fingerprint density at radius 1 is 1.50 bits per heavy atom. The van der Waals surface area contributed by atoms with E-state index < -0.39 is 0 Å². The first-order valence-electron chi connectivity index (χ1n) is 7.32. The van der Waals surface area contributed by atoms with E-state index in [-0.39, 0.29) is 12.0 Å². The highest BCUT2D eigenvalue weighted by atomic mass is 32.1. The molecule has 1 amide bonds. The van der Waals surface area contributed by atoms with Gasteiger partial charge in [-0.1, -0.05) is 6.07 Å². The van der Waals surface area contributed by atoms with Gasteiger partial charge >= 0.3 is 0 Å². The second-order valence-corrected chi connectivity index (χ2v) is 6.10. The van der Waals surface area contributed by atoms with Crippen LogP contribution in [0.4, 0.5) is 0 Å². The lowest BCUT2D eigenvalue weighted by Gasteiger charge is -2.11. The van der Waals surface area contributed by atoms with Gasteiger partial charge in [-0.15, -0.1) is 11.3 Å². The third kappa shape index (κ3) is 4.05. The molecule has 2 aromatic heterocycles. The zero-order chi connectivity index (χ0) is 15.2. The molecule has 0 aromatic carbocycles. The topological polar surface area (TPSA) is 60.5 Å². The van der Waals surface area contributed by atoms with E-state index in [1.165, 1.54) is 4.88 Å². The molecule has 22 heavy (non-hydrogen) atoms. The van der Waals surface area contributed by atoms with Crippen LogP contribution in [0.2, 0.25) is 0 Å². The van der Waals surface area contributed by atoms with Gasteiger partial charge in [-0.3, -0.25) is 4.79 Å². The Bertz CT molecular complexity index is 610. The number of hydrogen-bond donors (Lipinski definition) is 1. The lowest BCUT2D eigenvalue weighted by molar-refractivity contribution is 0.0952. The summed E-state index contributed by atoms with van der Waals surface area (Å²) in [7, 11) is 0. The standard InChI is InChI=1S/C16H18N2O3S/c19-16(18-7-4-14-2-1-9-22-14)12-3-6-17-15(10-12)21-13-5-8-20-11-13/h1-3,6,9-10,13H,4-5,7-8,11H2,(H,18,19)/t13-/m1/s1. The van der Waals surface area contributed by atoms with Gasteiger partial charge in [0.1, 0.15) is 6.10 Å². The summed E-state index contributed by atoms with van der Waals surface area (Å²) in [6, 6.07) is 7.46. The number of nitrogens with one attached hydrogen (secondary N) is 1. The zero-order valence-electron chi connectivity index (χ0n) is 12.2. The molecule has 0 unspecified atom stereocenters. The van der Waals surface area contributed by atoms with E-state index in [4.69, 9.17) is 9.47 Å². The number of hydrogen-bond acceptors (Lipinski definition) is 5. The van der Waals surface area contributed by atoms with Crippen LogP contribution in [0, 0.1) is 0 Å². The lowest BCUT2D eigenvalue weighted by atomic mass is 10.2. The third-order valence-corrected chi connectivity index (χ3v) is 4.35. The third-order valence-electron chi connectivity index (χ3n) is 3.41. The number of pyridine rings is 1. The summed E-state index contributed by atoms with van der Waals surface area (Å²) in [5, 5.41) is 4.96. The monoisotopic (exact) mass is 318 g/mol. The molecule has 0 saturated carbocycles. The van der Waals surface area contributed by atoms with Crippen LogP contribution in [0.5, 0.6) is 5.88 Å². The maximum atomic E-state index is 12.1. The normalized spacial score (nSPS) is 17.4. The molecular weight excluding hydrogens is 300 g/mol. The quantitative estimate of drug-likeness (QED) is 0.888. The number of thiophene rings is 1. The molecule has 6 heteroatoms. The largest absolute Gasteiger partial charge is 0.472 e. The highest BCUT2D eigenvalue weighted by molar-refractivity contribution is 7.09. The number of carbonyl (C=O) groups excluding carboxylic acids is 1. The van der Waals surface area contributed by atoms with E-state index in [9.17, 15) is 4.79 Å². The van der Waals surface area contributed by atoms with Gasteiger partial charge in [-0.2, -0.15) is 0 Å². The van der Waals surface area contributed by atoms with Gasteiger partial charge in [0.2, 0.25) is 5.88 Å². The van der Waals surface area contributed by atoms with E-state index in [1.807, 2.05) is 11.4 Å². The first-order chi connectivity index (χ1) is 10.8. The molecule has 1 fully saturated rings. The summed E-state index contributed by atoms with van der Waals surface area (Å²) >= 11 is 1.70. The van der Waals surface area contributed by atoms with Crippen LogP contribution in [0.3, 0.4) is 0 Å². The fourth-order valence-electron chi connectivity index (χ4n) is 2.25. The number of nitrogens with zero attached hydrogens (tertiary/aromatic N) is 1. The highest BCUT2D eigenvalue weighted by Gasteiger charge is 2.18. The Kier molecular flexibility index (Phi) is 5.03. The number of carbonyl (C=O) groups is 1. The molecule has 0 spiro atoms. The molecule has 5 nitrogen and oxygen atoms in total. The van der Waals surface area contributed by atoms with E-state index in [0.717, 1.165) is 12.8 Å². The average molecular weight is 318 g/mol. The molecule has 3 heterocycles. The van der Waals surface area contributed by atoms with Gasteiger partial charge in [0.05, 0.1) is 13.2 Å². The Balaban J connectivity index is 1.52. The smallest absolute Gasteiger partial charge is 0.251 e. The van der Waals surface area contributed by atoms with E-state index >= 15 is 0 Å². The van der Waals surface area contributed by atoms with Crippen LogP contribution < -0.4 is 10.1 Å². The molecule has 1 aliphatic heterocycles. The van der Waals surface area contributed by atoms with E-state index in [0.29, 0.717) is 31.2 Å². The highest BCUT2D eigenvalue weighted by Crippen LogP contribution is 2.15. The Morgan fingerprint density at radius 2 is 2.45 bits per heavy atom. The Hall–Kier alpha value is -1.92.